The van der Waals surface area contributed by atoms with Crippen LogP contribution in [0.25, 0.3) is 0 Å². The first kappa shape index (κ1) is 20.4. The molecule has 0 amide bonds. The SMILES string of the molecule is C=CC[C@@H]1[C@H]2CC=C[C@H]2C[C@H]1O[Si](c1ccccc1)(c1ccccc1)C(C)(C)C. The fraction of sp³-hybridized carbons (Fsp3) is 0.407. The number of hydrogen-bond acceptors (Lipinski definition) is 1. The predicted molar refractivity (Wildman–Crippen MR) is 126 cm³/mol. The van der Waals surface area contributed by atoms with Crippen LogP contribution in [0, 0.1) is 17.8 Å². The lowest BCUT2D eigenvalue weighted by molar-refractivity contribution is 0.132. The van der Waals surface area contributed by atoms with Crippen LogP contribution >= 0.6 is 0 Å². The van der Waals surface area contributed by atoms with E-state index in [2.05, 4.69) is 106 Å². The molecule has 1 fully saturated rings. The van der Waals surface area contributed by atoms with Gasteiger partial charge in [-0.1, -0.05) is 99.7 Å². The molecule has 2 aromatic carbocycles. The smallest absolute Gasteiger partial charge is 0.261 e. The fourth-order valence-corrected chi connectivity index (χ4v) is 10.5. The van der Waals surface area contributed by atoms with Crippen LogP contribution in [0.4, 0.5) is 0 Å². The van der Waals surface area contributed by atoms with Gasteiger partial charge in [0.2, 0.25) is 0 Å². The Balaban J connectivity index is 1.82. The highest BCUT2D eigenvalue weighted by Crippen LogP contribution is 2.49. The van der Waals surface area contributed by atoms with Crippen molar-refractivity contribution in [3.05, 3.63) is 85.5 Å². The van der Waals surface area contributed by atoms with Crippen molar-refractivity contribution in [2.24, 2.45) is 17.8 Å². The van der Waals surface area contributed by atoms with Crippen molar-refractivity contribution in [3.8, 4) is 0 Å². The van der Waals surface area contributed by atoms with Crippen LogP contribution in [0.1, 0.15) is 40.0 Å². The molecule has 0 saturated heterocycles. The van der Waals surface area contributed by atoms with Gasteiger partial charge in [0.25, 0.3) is 8.32 Å². The Morgan fingerprint density at radius 2 is 1.59 bits per heavy atom. The number of fused-ring (bicyclic) bond motifs is 1. The lowest BCUT2D eigenvalue weighted by atomic mass is 9.88. The molecule has 1 saturated carbocycles. The summed E-state index contributed by atoms with van der Waals surface area (Å²) in [5.74, 6) is 1.95. The second kappa shape index (κ2) is 8.08. The highest BCUT2D eigenvalue weighted by atomic mass is 28.4. The van der Waals surface area contributed by atoms with Gasteiger partial charge in [-0.2, -0.15) is 0 Å². The standard InChI is InChI=1S/C27H34OSi/c1-5-13-25-24-19-12-14-21(24)20-26(25)28-29(27(2,3)4,22-15-8-6-9-16-22)23-17-10-7-11-18-23/h5-12,14-18,21,24-26H,1,13,19-20H2,2-4H3/t21-,24-,25+,26+/m0/s1. The molecule has 29 heavy (non-hydrogen) atoms. The molecule has 2 aliphatic rings. The molecule has 1 nitrogen and oxygen atoms in total. The highest BCUT2D eigenvalue weighted by molar-refractivity contribution is 6.99. The van der Waals surface area contributed by atoms with E-state index in [1.165, 1.54) is 16.8 Å². The quantitative estimate of drug-likeness (QED) is 0.443. The first-order chi connectivity index (χ1) is 14.0. The molecule has 4 atom stereocenters. The van der Waals surface area contributed by atoms with Gasteiger partial charge in [-0.3, -0.25) is 0 Å². The summed E-state index contributed by atoms with van der Waals surface area (Å²) in [6, 6.07) is 22.1. The Morgan fingerprint density at radius 3 is 2.10 bits per heavy atom. The van der Waals surface area contributed by atoms with Gasteiger partial charge in [-0.25, -0.2) is 0 Å². The lowest BCUT2D eigenvalue weighted by Crippen LogP contribution is -2.68. The van der Waals surface area contributed by atoms with Gasteiger partial charge >= 0.3 is 0 Å². The van der Waals surface area contributed by atoms with E-state index >= 15 is 0 Å². The molecule has 0 heterocycles. The molecule has 0 bridgehead atoms. The number of hydrogen-bond donors (Lipinski definition) is 0. The molecule has 0 aromatic heterocycles. The Bertz CT molecular complexity index is 810. The highest BCUT2D eigenvalue weighted by Gasteiger charge is 2.54. The molecule has 0 N–H and O–H groups in total. The van der Waals surface area contributed by atoms with E-state index in [0.717, 1.165) is 18.8 Å². The van der Waals surface area contributed by atoms with Gasteiger partial charge in [0.05, 0.1) is 0 Å². The monoisotopic (exact) mass is 402 g/mol. The zero-order valence-corrected chi connectivity index (χ0v) is 19.1. The molecule has 2 aliphatic carbocycles. The van der Waals surface area contributed by atoms with Gasteiger partial charge in [-0.05, 0) is 52.4 Å². The van der Waals surface area contributed by atoms with Gasteiger partial charge in [-0.15, -0.1) is 6.58 Å². The Kier molecular flexibility index (Phi) is 5.68. The van der Waals surface area contributed by atoms with Crippen molar-refractivity contribution in [2.45, 2.75) is 51.2 Å². The summed E-state index contributed by atoms with van der Waals surface area (Å²) in [6.07, 6.45) is 10.6. The summed E-state index contributed by atoms with van der Waals surface area (Å²) in [4.78, 5) is 0. The van der Waals surface area contributed by atoms with Crippen LogP contribution < -0.4 is 10.4 Å². The largest absolute Gasteiger partial charge is 0.404 e. The first-order valence-electron chi connectivity index (χ1n) is 11.0. The summed E-state index contributed by atoms with van der Waals surface area (Å²) in [5, 5.41) is 2.79. The number of rotatable bonds is 6. The molecule has 0 spiro atoms. The average molecular weight is 403 g/mol. The van der Waals surface area contributed by atoms with Crippen molar-refractivity contribution in [3.63, 3.8) is 0 Å². The molecule has 152 valence electrons. The van der Waals surface area contributed by atoms with E-state index in [0.29, 0.717) is 17.9 Å². The molecule has 2 aromatic rings. The summed E-state index contributed by atoms with van der Waals surface area (Å²) in [5.41, 5.74) is 0. The van der Waals surface area contributed by atoms with Crippen LogP contribution in [0.3, 0.4) is 0 Å². The van der Waals surface area contributed by atoms with Crippen molar-refractivity contribution >= 4 is 18.7 Å². The third-order valence-electron chi connectivity index (χ3n) is 7.06. The van der Waals surface area contributed by atoms with Crippen molar-refractivity contribution < 1.29 is 4.43 Å². The molecule has 2 heteroatoms. The Hall–Kier alpha value is -1.90. The maximum absolute atomic E-state index is 7.49. The topological polar surface area (TPSA) is 9.23 Å². The summed E-state index contributed by atoms with van der Waals surface area (Å²) >= 11 is 0. The van der Waals surface area contributed by atoms with Gasteiger partial charge in [0.1, 0.15) is 0 Å². The van der Waals surface area contributed by atoms with E-state index in [1.807, 2.05) is 0 Å². The lowest BCUT2D eigenvalue weighted by Gasteiger charge is -2.45. The van der Waals surface area contributed by atoms with Crippen LogP contribution in [-0.4, -0.2) is 14.4 Å². The third-order valence-corrected chi connectivity index (χ3v) is 12.1. The number of allylic oxidation sites excluding steroid dienone is 3. The zero-order valence-electron chi connectivity index (χ0n) is 18.1. The summed E-state index contributed by atoms with van der Waals surface area (Å²) in [7, 11) is -2.49. The number of benzene rings is 2. The van der Waals surface area contributed by atoms with E-state index in [4.69, 9.17) is 4.43 Å². The maximum Gasteiger partial charge on any atom is 0.261 e. The second-order valence-electron chi connectivity index (χ2n) is 9.74. The van der Waals surface area contributed by atoms with Crippen molar-refractivity contribution in [2.75, 3.05) is 0 Å². The fourth-order valence-electron chi connectivity index (χ4n) is 5.77. The Labute approximate surface area is 177 Å². The van der Waals surface area contributed by atoms with Crippen LogP contribution in [0.15, 0.2) is 85.5 Å². The minimum atomic E-state index is -2.49. The summed E-state index contributed by atoms with van der Waals surface area (Å²) in [6.45, 7) is 11.2. The van der Waals surface area contributed by atoms with E-state index in [-0.39, 0.29) is 5.04 Å². The van der Waals surface area contributed by atoms with Gasteiger partial charge in [0, 0.05) is 6.10 Å². The van der Waals surface area contributed by atoms with E-state index in [1.54, 1.807) is 0 Å². The summed E-state index contributed by atoms with van der Waals surface area (Å²) < 4.78 is 7.49. The third kappa shape index (κ3) is 3.58. The van der Waals surface area contributed by atoms with E-state index < -0.39 is 8.32 Å². The van der Waals surface area contributed by atoms with Crippen LogP contribution in [0.2, 0.25) is 5.04 Å². The molecule has 0 radical (unpaired) electrons. The van der Waals surface area contributed by atoms with E-state index in [9.17, 15) is 0 Å². The first-order valence-corrected chi connectivity index (χ1v) is 12.9. The van der Waals surface area contributed by atoms with Crippen LogP contribution in [0.5, 0.6) is 0 Å². The maximum atomic E-state index is 7.49. The second-order valence-corrected chi connectivity index (χ2v) is 14.0. The Morgan fingerprint density at radius 1 is 1.00 bits per heavy atom. The van der Waals surface area contributed by atoms with Crippen LogP contribution in [-0.2, 0) is 4.43 Å². The molecular weight excluding hydrogens is 368 g/mol. The minimum absolute atomic E-state index is 0.0297. The molecule has 4 rings (SSSR count). The van der Waals surface area contributed by atoms with Gasteiger partial charge < -0.3 is 4.43 Å². The zero-order chi connectivity index (χ0) is 20.5. The van der Waals surface area contributed by atoms with Gasteiger partial charge in [0.15, 0.2) is 0 Å². The molecular formula is C27H34OSi. The molecule has 0 aliphatic heterocycles. The van der Waals surface area contributed by atoms with Crippen molar-refractivity contribution in [1.29, 1.82) is 0 Å². The molecule has 0 unspecified atom stereocenters. The van der Waals surface area contributed by atoms with Crippen molar-refractivity contribution in [1.82, 2.24) is 0 Å². The predicted octanol–water partition coefficient (Wildman–Crippen LogP) is 5.72. The average Bonchev–Trinajstić information content (AvgIpc) is 3.29. The normalized spacial score (nSPS) is 26.4. The minimum Gasteiger partial charge on any atom is -0.404 e.